The van der Waals surface area contributed by atoms with Gasteiger partial charge in [0.2, 0.25) is 0 Å². The molecule has 0 N–H and O–H groups in total. The molecule has 2 nitrogen and oxygen atoms in total. The first kappa shape index (κ1) is 5.92. The number of aryl methyl sites for hydroxylation is 2. The summed E-state index contributed by atoms with van der Waals surface area (Å²) in [5.41, 5.74) is 2.49. The van der Waals surface area contributed by atoms with E-state index in [0.717, 1.165) is 4.96 Å². The number of rotatable bonds is 0. The van der Waals surface area contributed by atoms with Gasteiger partial charge < -0.3 is 0 Å². The highest BCUT2D eigenvalue weighted by atomic mass is 32.1. The van der Waals surface area contributed by atoms with Crippen LogP contribution in [-0.4, -0.2) is 9.38 Å². The summed E-state index contributed by atoms with van der Waals surface area (Å²) in [6, 6.07) is 0. The number of nitrogens with zero attached hydrogens (tertiary/aromatic N) is 2. The average molecular weight is 152 g/mol. The van der Waals surface area contributed by atoms with E-state index in [1.807, 2.05) is 6.20 Å². The highest BCUT2D eigenvalue weighted by molar-refractivity contribution is 7.15. The molecule has 3 heteroatoms. The third-order valence-corrected chi connectivity index (χ3v) is 2.55. The zero-order valence-corrected chi connectivity index (χ0v) is 6.77. The zero-order valence-electron chi connectivity index (χ0n) is 5.96. The number of thiazole rings is 1. The molecular formula is C7H8N2S. The molecule has 2 heterocycles. The molecule has 10 heavy (non-hydrogen) atoms. The lowest BCUT2D eigenvalue weighted by molar-refractivity contribution is 1.07. The smallest absolute Gasteiger partial charge is 0.194 e. The van der Waals surface area contributed by atoms with Crippen LogP contribution in [0.3, 0.4) is 0 Å². The van der Waals surface area contributed by atoms with Gasteiger partial charge in [0.1, 0.15) is 0 Å². The van der Waals surface area contributed by atoms with Crippen LogP contribution in [0.15, 0.2) is 11.6 Å². The van der Waals surface area contributed by atoms with Gasteiger partial charge in [0, 0.05) is 23.0 Å². The van der Waals surface area contributed by atoms with Crippen molar-refractivity contribution in [1.82, 2.24) is 9.38 Å². The summed E-state index contributed by atoms with van der Waals surface area (Å²) in [6.07, 6.45) is 1.90. The van der Waals surface area contributed by atoms with Crippen LogP contribution >= 0.6 is 11.3 Å². The molecule has 0 spiro atoms. The summed E-state index contributed by atoms with van der Waals surface area (Å²) in [5, 5.41) is 2.12. The van der Waals surface area contributed by atoms with Crippen LogP contribution in [0.2, 0.25) is 0 Å². The van der Waals surface area contributed by atoms with Crippen molar-refractivity contribution in [3.05, 3.63) is 23.0 Å². The monoisotopic (exact) mass is 152 g/mol. The van der Waals surface area contributed by atoms with Gasteiger partial charge in [0.05, 0.1) is 0 Å². The highest BCUT2D eigenvalue weighted by Gasteiger charge is 2.01. The normalized spacial score (nSPS) is 11.0. The Hall–Kier alpha value is -0.830. The fraction of sp³-hybridized carbons (Fsp3) is 0.286. The summed E-state index contributed by atoms with van der Waals surface area (Å²) in [6.45, 7) is 4.16. The van der Waals surface area contributed by atoms with Crippen LogP contribution in [0.5, 0.6) is 0 Å². The summed E-state index contributed by atoms with van der Waals surface area (Å²) in [5.74, 6) is 0. The van der Waals surface area contributed by atoms with Crippen LogP contribution in [0.25, 0.3) is 4.96 Å². The number of aromatic nitrogens is 2. The van der Waals surface area contributed by atoms with E-state index < -0.39 is 0 Å². The number of imidazole rings is 1. The molecule has 0 unspecified atom stereocenters. The molecule has 0 saturated heterocycles. The molecule has 0 saturated carbocycles. The Morgan fingerprint density at radius 3 is 2.90 bits per heavy atom. The molecule has 0 aliphatic carbocycles. The van der Waals surface area contributed by atoms with E-state index in [0.29, 0.717) is 0 Å². The average Bonchev–Trinajstić information content (AvgIpc) is 2.40. The Morgan fingerprint density at radius 1 is 1.40 bits per heavy atom. The quantitative estimate of drug-likeness (QED) is 0.564. The fourth-order valence-corrected chi connectivity index (χ4v) is 2.01. The standard InChI is InChI=1S/C7H8N2S/c1-5-3-8-7-9(5)6(2)4-10-7/h3-4H,1-2H3. The summed E-state index contributed by atoms with van der Waals surface area (Å²) in [4.78, 5) is 5.31. The van der Waals surface area contributed by atoms with Gasteiger partial charge in [0.15, 0.2) is 4.96 Å². The van der Waals surface area contributed by atoms with E-state index in [4.69, 9.17) is 0 Å². The molecule has 2 aromatic rings. The summed E-state index contributed by atoms with van der Waals surface area (Å²) >= 11 is 1.69. The van der Waals surface area contributed by atoms with Crippen molar-refractivity contribution in [2.45, 2.75) is 13.8 Å². The molecule has 0 aromatic carbocycles. The Labute approximate surface area is 63.1 Å². The minimum atomic E-state index is 1.09. The molecule has 0 bridgehead atoms. The van der Waals surface area contributed by atoms with E-state index in [1.165, 1.54) is 11.4 Å². The van der Waals surface area contributed by atoms with E-state index in [1.54, 1.807) is 11.3 Å². The van der Waals surface area contributed by atoms with Crippen molar-refractivity contribution >= 4 is 16.3 Å². The lowest BCUT2D eigenvalue weighted by atomic mass is 10.5. The number of fused-ring (bicyclic) bond motifs is 1. The minimum absolute atomic E-state index is 1.09. The zero-order chi connectivity index (χ0) is 7.14. The second-order valence-corrected chi connectivity index (χ2v) is 3.23. The predicted octanol–water partition coefficient (Wildman–Crippen LogP) is 2.01. The molecule has 52 valence electrons. The first-order chi connectivity index (χ1) is 4.79. The second-order valence-electron chi connectivity index (χ2n) is 2.39. The van der Waals surface area contributed by atoms with Gasteiger partial charge >= 0.3 is 0 Å². The van der Waals surface area contributed by atoms with Gasteiger partial charge in [-0.15, -0.1) is 11.3 Å². The van der Waals surface area contributed by atoms with Gasteiger partial charge in [0.25, 0.3) is 0 Å². The van der Waals surface area contributed by atoms with Gasteiger partial charge in [-0.2, -0.15) is 0 Å². The van der Waals surface area contributed by atoms with Crippen LogP contribution < -0.4 is 0 Å². The van der Waals surface area contributed by atoms with E-state index >= 15 is 0 Å². The summed E-state index contributed by atoms with van der Waals surface area (Å²) < 4.78 is 2.16. The Kier molecular flexibility index (Phi) is 1.08. The maximum absolute atomic E-state index is 4.22. The van der Waals surface area contributed by atoms with Crippen molar-refractivity contribution in [2.24, 2.45) is 0 Å². The first-order valence-corrected chi connectivity index (χ1v) is 4.05. The first-order valence-electron chi connectivity index (χ1n) is 3.17. The number of hydrogen-bond donors (Lipinski definition) is 0. The molecule has 0 aliphatic rings. The van der Waals surface area contributed by atoms with Crippen molar-refractivity contribution in [2.75, 3.05) is 0 Å². The molecule has 2 aromatic heterocycles. The van der Waals surface area contributed by atoms with Crippen LogP contribution in [0, 0.1) is 13.8 Å². The van der Waals surface area contributed by atoms with Crippen molar-refractivity contribution in [3.63, 3.8) is 0 Å². The lowest BCUT2D eigenvalue weighted by Gasteiger charge is -1.89. The van der Waals surface area contributed by atoms with Crippen molar-refractivity contribution in [3.8, 4) is 0 Å². The van der Waals surface area contributed by atoms with E-state index in [9.17, 15) is 0 Å². The molecular weight excluding hydrogens is 144 g/mol. The van der Waals surface area contributed by atoms with Gasteiger partial charge in [-0.25, -0.2) is 4.98 Å². The SMILES string of the molecule is Cc1cnc2scc(C)n12. The Balaban J connectivity index is 2.98. The maximum atomic E-state index is 4.22. The van der Waals surface area contributed by atoms with Crippen molar-refractivity contribution < 1.29 is 0 Å². The minimum Gasteiger partial charge on any atom is -0.292 e. The van der Waals surface area contributed by atoms with E-state index in [2.05, 4.69) is 28.6 Å². The van der Waals surface area contributed by atoms with Crippen molar-refractivity contribution in [1.29, 1.82) is 0 Å². The molecule has 0 radical (unpaired) electrons. The Morgan fingerprint density at radius 2 is 2.20 bits per heavy atom. The predicted molar refractivity (Wildman–Crippen MR) is 42.5 cm³/mol. The number of hydrogen-bond acceptors (Lipinski definition) is 2. The van der Waals surface area contributed by atoms with Gasteiger partial charge in [-0.05, 0) is 13.8 Å². The highest BCUT2D eigenvalue weighted by Crippen LogP contribution is 2.15. The third-order valence-electron chi connectivity index (χ3n) is 1.59. The molecule has 0 amide bonds. The maximum Gasteiger partial charge on any atom is 0.194 e. The topological polar surface area (TPSA) is 17.3 Å². The molecule has 2 rings (SSSR count). The second kappa shape index (κ2) is 1.83. The fourth-order valence-electron chi connectivity index (χ4n) is 1.12. The molecule has 0 atom stereocenters. The molecule has 0 fully saturated rings. The van der Waals surface area contributed by atoms with Crippen LogP contribution in [-0.2, 0) is 0 Å². The molecule has 0 aliphatic heterocycles. The third kappa shape index (κ3) is 0.609. The van der Waals surface area contributed by atoms with Crippen LogP contribution in [0.4, 0.5) is 0 Å². The Bertz CT molecular complexity index is 327. The van der Waals surface area contributed by atoms with E-state index in [-0.39, 0.29) is 0 Å². The lowest BCUT2D eigenvalue weighted by Crippen LogP contribution is -1.84. The van der Waals surface area contributed by atoms with Gasteiger partial charge in [-0.3, -0.25) is 4.40 Å². The summed E-state index contributed by atoms with van der Waals surface area (Å²) in [7, 11) is 0. The largest absolute Gasteiger partial charge is 0.292 e. The van der Waals surface area contributed by atoms with Gasteiger partial charge in [-0.1, -0.05) is 0 Å². The van der Waals surface area contributed by atoms with Crippen LogP contribution in [0.1, 0.15) is 11.4 Å².